The quantitative estimate of drug-likeness (QED) is 0.217. The van der Waals surface area contributed by atoms with Crippen LogP contribution in [0.3, 0.4) is 0 Å². The van der Waals surface area contributed by atoms with Gasteiger partial charge in [0.1, 0.15) is 0 Å². The molecule has 19 heavy (non-hydrogen) atoms. The van der Waals surface area contributed by atoms with Gasteiger partial charge in [-0.05, 0) is 12.8 Å². The normalized spacial score (nSPS) is 10.2. The van der Waals surface area contributed by atoms with Crippen LogP contribution >= 0.6 is 12.4 Å². The van der Waals surface area contributed by atoms with Crippen LogP contribution in [0.1, 0.15) is 103 Å². The monoisotopic (exact) mass is 288 g/mol. The van der Waals surface area contributed by atoms with Gasteiger partial charge in [-0.3, -0.25) is 0 Å². The SMILES string of the molecule is C=CCCCCCCCCCCCCCCCC.Cl. The van der Waals surface area contributed by atoms with Crippen molar-refractivity contribution in [2.45, 2.75) is 103 Å². The summed E-state index contributed by atoms with van der Waals surface area (Å²) in [7, 11) is 0. The second kappa shape index (κ2) is 20.3. The van der Waals surface area contributed by atoms with Crippen LogP contribution in [-0.4, -0.2) is 0 Å². The van der Waals surface area contributed by atoms with Crippen molar-refractivity contribution < 1.29 is 0 Å². The average molecular weight is 289 g/mol. The van der Waals surface area contributed by atoms with E-state index in [0.29, 0.717) is 0 Å². The van der Waals surface area contributed by atoms with Gasteiger partial charge in [-0.1, -0.05) is 96.5 Å². The van der Waals surface area contributed by atoms with E-state index in [-0.39, 0.29) is 12.4 Å². The van der Waals surface area contributed by atoms with Crippen molar-refractivity contribution in [1.29, 1.82) is 0 Å². The molecule has 0 spiro atoms. The average Bonchev–Trinajstić information content (AvgIpc) is 2.39. The minimum atomic E-state index is 0. The van der Waals surface area contributed by atoms with Crippen LogP contribution in [0.4, 0.5) is 0 Å². The maximum Gasteiger partial charge on any atom is -0.0353 e. The highest BCUT2D eigenvalue weighted by molar-refractivity contribution is 5.85. The number of unbranched alkanes of at least 4 members (excludes halogenated alkanes) is 14. The molecule has 0 aliphatic rings. The highest BCUT2D eigenvalue weighted by Gasteiger charge is 1.93. The predicted molar refractivity (Wildman–Crippen MR) is 92.4 cm³/mol. The van der Waals surface area contributed by atoms with E-state index in [1.807, 2.05) is 6.08 Å². The molecular weight excluding hydrogens is 252 g/mol. The predicted octanol–water partition coefficient (Wildman–Crippen LogP) is 7.47. The Morgan fingerprint density at radius 1 is 0.579 bits per heavy atom. The van der Waals surface area contributed by atoms with E-state index in [2.05, 4.69) is 13.5 Å². The van der Waals surface area contributed by atoms with Crippen molar-refractivity contribution in [2.24, 2.45) is 0 Å². The van der Waals surface area contributed by atoms with E-state index >= 15 is 0 Å². The molecule has 0 aromatic heterocycles. The third-order valence-electron chi connectivity index (χ3n) is 3.76. The van der Waals surface area contributed by atoms with Crippen molar-refractivity contribution >= 4 is 12.4 Å². The molecule has 0 saturated carbocycles. The van der Waals surface area contributed by atoms with Gasteiger partial charge >= 0.3 is 0 Å². The van der Waals surface area contributed by atoms with Crippen molar-refractivity contribution in [1.82, 2.24) is 0 Å². The van der Waals surface area contributed by atoms with E-state index in [1.54, 1.807) is 0 Å². The zero-order valence-corrected chi connectivity index (χ0v) is 14.1. The van der Waals surface area contributed by atoms with Gasteiger partial charge in [0.05, 0.1) is 0 Å². The summed E-state index contributed by atoms with van der Waals surface area (Å²) in [5.74, 6) is 0. The molecule has 0 aromatic rings. The molecule has 0 N–H and O–H groups in total. The van der Waals surface area contributed by atoms with Gasteiger partial charge in [0.15, 0.2) is 0 Å². The number of halogens is 1. The first-order valence-electron chi connectivity index (χ1n) is 8.52. The second-order valence-corrected chi connectivity index (χ2v) is 5.67. The minimum Gasteiger partial charge on any atom is -0.147 e. The van der Waals surface area contributed by atoms with Crippen LogP contribution in [0.2, 0.25) is 0 Å². The molecule has 0 atom stereocenters. The fraction of sp³-hybridized carbons (Fsp3) is 0.889. The lowest BCUT2D eigenvalue weighted by molar-refractivity contribution is 0.536. The number of hydrogen-bond acceptors (Lipinski definition) is 0. The van der Waals surface area contributed by atoms with Crippen molar-refractivity contribution in [3.05, 3.63) is 12.7 Å². The van der Waals surface area contributed by atoms with Crippen molar-refractivity contribution in [3.63, 3.8) is 0 Å². The Morgan fingerprint density at radius 3 is 1.21 bits per heavy atom. The summed E-state index contributed by atoms with van der Waals surface area (Å²) in [5.41, 5.74) is 0. The highest BCUT2D eigenvalue weighted by atomic mass is 35.5. The first-order valence-corrected chi connectivity index (χ1v) is 8.52. The Morgan fingerprint density at radius 2 is 0.895 bits per heavy atom. The lowest BCUT2D eigenvalue weighted by atomic mass is 10.0. The molecule has 0 aliphatic carbocycles. The maximum absolute atomic E-state index is 3.76. The zero-order valence-electron chi connectivity index (χ0n) is 13.3. The summed E-state index contributed by atoms with van der Waals surface area (Å²) >= 11 is 0. The molecule has 116 valence electrons. The molecule has 1 heteroatoms. The lowest BCUT2D eigenvalue weighted by Gasteiger charge is -2.02. The summed E-state index contributed by atoms with van der Waals surface area (Å²) in [5, 5.41) is 0. The Balaban J connectivity index is 0. The summed E-state index contributed by atoms with van der Waals surface area (Å²) < 4.78 is 0. The van der Waals surface area contributed by atoms with Crippen LogP contribution in [0.15, 0.2) is 12.7 Å². The number of rotatable bonds is 15. The molecule has 0 saturated heterocycles. The van der Waals surface area contributed by atoms with Crippen LogP contribution in [0.25, 0.3) is 0 Å². The second-order valence-electron chi connectivity index (χ2n) is 5.67. The number of allylic oxidation sites excluding steroid dienone is 1. The molecule has 0 nitrogen and oxygen atoms in total. The topological polar surface area (TPSA) is 0 Å². The summed E-state index contributed by atoms with van der Waals surface area (Å²) in [6.07, 6.45) is 23.5. The lowest BCUT2D eigenvalue weighted by Crippen LogP contribution is -1.83. The van der Waals surface area contributed by atoms with Gasteiger partial charge in [-0.15, -0.1) is 19.0 Å². The minimum absolute atomic E-state index is 0. The van der Waals surface area contributed by atoms with Crippen molar-refractivity contribution in [2.75, 3.05) is 0 Å². The van der Waals surface area contributed by atoms with E-state index in [0.717, 1.165) is 0 Å². The Hall–Kier alpha value is 0.0300. The van der Waals surface area contributed by atoms with Crippen LogP contribution in [0, 0.1) is 0 Å². The van der Waals surface area contributed by atoms with Crippen LogP contribution in [0.5, 0.6) is 0 Å². The third-order valence-corrected chi connectivity index (χ3v) is 3.76. The maximum atomic E-state index is 3.76. The van der Waals surface area contributed by atoms with E-state index < -0.39 is 0 Å². The standard InChI is InChI=1S/C18H36.ClH/c1-3-5-7-9-11-13-15-17-18-16-14-12-10-8-6-4-2;/h3H,1,4-18H2,2H3;1H. The molecule has 0 unspecified atom stereocenters. The molecule has 0 aliphatic heterocycles. The highest BCUT2D eigenvalue weighted by Crippen LogP contribution is 2.13. The first kappa shape index (κ1) is 21.3. The molecule has 0 heterocycles. The molecular formula is C18H37Cl. The van der Waals surface area contributed by atoms with E-state index in [9.17, 15) is 0 Å². The molecule has 0 amide bonds. The van der Waals surface area contributed by atoms with Gasteiger partial charge in [-0.2, -0.15) is 0 Å². The van der Waals surface area contributed by atoms with Gasteiger partial charge < -0.3 is 0 Å². The Bertz CT molecular complexity index is 154. The summed E-state index contributed by atoms with van der Waals surface area (Å²) in [6, 6.07) is 0. The van der Waals surface area contributed by atoms with Crippen LogP contribution in [-0.2, 0) is 0 Å². The number of hydrogen-bond donors (Lipinski definition) is 0. The Labute approximate surface area is 128 Å². The van der Waals surface area contributed by atoms with Gasteiger partial charge in [0.2, 0.25) is 0 Å². The van der Waals surface area contributed by atoms with Gasteiger partial charge in [0, 0.05) is 0 Å². The first-order chi connectivity index (χ1) is 8.91. The molecule has 0 aromatic carbocycles. The fourth-order valence-corrected chi connectivity index (χ4v) is 2.48. The molecule has 0 fully saturated rings. The van der Waals surface area contributed by atoms with E-state index in [1.165, 1.54) is 96.3 Å². The molecule has 0 rings (SSSR count). The molecule has 0 bridgehead atoms. The zero-order chi connectivity index (χ0) is 13.3. The smallest absolute Gasteiger partial charge is 0.0353 e. The Kier molecular flexibility index (Phi) is 22.8. The summed E-state index contributed by atoms with van der Waals surface area (Å²) in [4.78, 5) is 0. The van der Waals surface area contributed by atoms with Gasteiger partial charge in [-0.25, -0.2) is 0 Å². The summed E-state index contributed by atoms with van der Waals surface area (Å²) in [6.45, 7) is 6.05. The van der Waals surface area contributed by atoms with Crippen molar-refractivity contribution in [3.8, 4) is 0 Å². The third kappa shape index (κ3) is 20.5. The van der Waals surface area contributed by atoms with Crippen LogP contribution < -0.4 is 0 Å². The largest absolute Gasteiger partial charge is 0.147 e. The molecule has 0 radical (unpaired) electrons. The van der Waals surface area contributed by atoms with E-state index in [4.69, 9.17) is 0 Å². The fourth-order valence-electron chi connectivity index (χ4n) is 2.48. The van der Waals surface area contributed by atoms with Gasteiger partial charge in [0.25, 0.3) is 0 Å².